The molecule has 3 heteroatoms. The fraction of sp³-hybridized carbons (Fsp3) is 0.533. The maximum atomic E-state index is 12.1. The van der Waals surface area contributed by atoms with Gasteiger partial charge in [0.1, 0.15) is 0 Å². The second-order valence-corrected chi connectivity index (χ2v) is 5.14. The molecular weight excluding hydrogens is 224 g/mol. The van der Waals surface area contributed by atoms with E-state index in [2.05, 4.69) is 36.6 Å². The van der Waals surface area contributed by atoms with Gasteiger partial charge in [-0.05, 0) is 31.4 Å². The summed E-state index contributed by atoms with van der Waals surface area (Å²) < 4.78 is 0. The van der Waals surface area contributed by atoms with Crippen molar-refractivity contribution in [3.8, 4) is 0 Å². The third-order valence-electron chi connectivity index (χ3n) is 3.50. The first kappa shape index (κ1) is 12.9. The number of fused-ring (bicyclic) bond motifs is 1. The second kappa shape index (κ2) is 5.89. The van der Waals surface area contributed by atoms with E-state index in [1.54, 1.807) is 0 Å². The van der Waals surface area contributed by atoms with Gasteiger partial charge in [0.25, 0.3) is 0 Å². The topological polar surface area (TPSA) is 41.1 Å². The van der Waals surface area contributed by atoms with Crippen molar-refractivity contribution in [3.63, 3.8) is 0 Å². The third kappa shape index (κ3) is 3.03. The monoisotopic (exact) mass is 246 g/mol. The lowest BCUT2D eigenvalue weighted by atomic mass is 9.93. The van der Waals surface area contributed by atoms with Crippen LogP contribution in [0.15, 0.2) is 24.3 Å². The zero-order valence-corrected chi connectivity index (χ0v) is 11.2. The van der Waals surface area contributed by atoms with Crippen molar-refractivity contribution in [2.75, 3.05) is 11.9 Å². The highest BCUT2D eigenvalue weighted by molar-refractivity contribution is 5.81. The zero-order valence-electron chi connectivity index (χ0n) is 11.2. The van der Waals surface area contributed by atoms with E-state index < -0.39 is 0 Å². The molecule has 0 aromatic heterocycles. The number of hydrogen-bond donors (Lipinski definition) is 2. The van der Waals surface area contributed by atoms with E-state index >= 15 is 0 Å². The van der Waals surface area contributed by atoms with Crippen LogP contribution < -0.4 is 10.6 Å². The number of nitrogens with one attached hydrogen (secondary N) is 2. The zero-order chi connectivity index (χ0) is 13.0. The Kier molecular flexibility index (Phi) is 4.24. The molecule has 3 nitrogen and oxygen atoms in total. The number of carbonyl (C=O) groups is 1. The summed E-state index contributed by atoms with van der Waals surface area (Å²) in [5, 5.41) is 6.44. The molecule has 0 radical (unpaired) electrons. The minimum atomic E-state index is 0.0548. The Morgan fingerprint density at radius 2 is 2.28 bits per heavy atom. The lowest BCUT2D eigenvalue weighted by molar-refractivity contribution is -0.125. The molecule has 0 fully saturated rings. The standard InChI is InChI=1S/C15H22N2O/c1-3-6-11(2)17-15(18)13-9-12-7-4-5-8-14(12)16-10-13/h4-5,7-8,11,13,16H,3,6,9-10H2,1-2H3,(H,17,18). The van der Waals surface area contributed by atoms with Crippen molar-refractivity contribution < 1.29 is 4.79 Å². The van der Waals surface area contributed by atoms with Crippen LogP contribution >= 0.6 is 0 Å². The first-order valence-corrected chi connectivity index (χ1v) is 6.83. The van der Waals surface area contributed by atoms with Gasteiger partial charge in [-0.25, -0.2) is 0 Å². The van der Waals surface area contributed by atoms with Crippen LogP contribution in [-0.4, -0.2) is 18.5 Å². The molecule has 1 amide bonds. The molecule has 0 bridgehead atoms. The van der Waals surface area contributed by atoms with Crippen molar-refractivity contribution in [1.29, 1.82) is 0 Å². The van der Waals surface area contributed by atoms with Gasteiger partial charge in [0.2, 0.25) is 5.91 Å². The van der Waals surface area contributed by atoms with Crippen LogP contribution in [-0.2, 0) is 11.2 Å². The van der Waals surface area contributed by atoms with E-state index in [0.29, 0.717) is 0 Å². The molecule has 98 valence electrons. The highest BCUT2D eigenvalue weighted by Gasteiger charge is 2.24. The minimum absolute atomic E-state index is 0.0548. The lowest BCUT2D eigenvalue weighted by Gasteiger charge is -2.26. The number of hydrogen-bond acceptors (Lipinski definition) is 2. The number of anilines is 1. The largest absolute Gasteiger partial charge is 0.384 e. The van der Waals surface area contributed by atoms with Crippen molar-refractivity contribution in [2.24, 2.45) is 5.92 Å². The van der Waals surface area contributed by atoms with E-state index in [1.807, 2.05) is 12.1 Å². The molecule has 0 spiro atoms. The van der Waals surface area contributed by atoms with Gasteiger partial charge >= 0.3 is 0 Å². The van der Waals surface area contributed by atoms with Gasteiger partial charge in [-0.3, -0.25) is 4.79 Å². The van der Waals surface area contributed by atoms with Gasteiger partial charge in [-0.1, -0.05) is 31.5 Å². The van der Waals surface area contributed by atoms with Crippen LogP contribution in [0.2, 0.25) is 0 Å². The molecule has 18 heavy (non-hydrogen) atoms. The van der Waals surface area contributed by atoms with E-state index in [-0.39, 0.29) is 17.9 Å². The summed E-state index contributed by atoms with van der Waals surface area (Å²) in [6.07, 6.45) is 2.99. The molecule has 1 heterocycles. The predicted octanol–water partition coefficient (Wildman–Crippen LogP) is 2.58. The second-order valence-electron chi connectivity index (χ2n) is 5.14. The molecule has 1 aliphatic rings. The van der Waals surface area contributed by atoms with Crippen LogP contribution in [0.5, 0.6) is 0 Å². The van der Waals surface area contributed by atoms with Gasteiger partial charge in [0.15, 0.2) is 0 Å². The third-order valence-corrected chi connectivity index (χ3v) is 3.50. The minimum Gasteiger partial charge on any atom is -0.384 e. The summed E-state index contributed by atoms with van der Waals surface area (Å²) in [6, 6.07) is 8.50. The Labute approximate surface area is 109 Å². The van der Waals surface area contributed by atoms with Gasteiger partial charge in [-0.2, -0.15) is 0 Å². The molecule has 2 atom stereocenters. The first-order chi connectivity index (χ1) is 8.70. The number of para-hydroxylation sites is 1. The number of carbonyl (C=O) groups excluding carboxylic acids is 1. The molecular formula is C15H22N2O. The van der Waals surface area contributed by atoms with Crippen LogP contribution in [0, 0.1) is 5.92 Å². The van der Waals surface area contributed by atoms with Crippen molar-refractivity contribution in [1.82, 2.24) is 5.32 Å². The van der Waals surface area contributed by atoms with Crippen LogP contribution in [0.4, 0.5) is 5.69 Å². The van der Waals surface area contributed by atoms with Crippen molar-refractivity contribution in [3.05, 3.63) is 29.8 Å². The molecule has 1 aromatic carbocycles. The smallest absolute Gasteiger partial charge is 0.225 e. The summed E-state index contributed by atoms with van der Waals surface area (Å²) in [6.45, 7) is 4.95. The van der Waals surface area contributed by atoms with E-state index in [1.165, 1.54) is 11.3 Å². The first-order valence-electron chi connectivity index (χ1n) is 6.83. The summed E-state index contributed by atoms with van der Waals surface area (Å²) in [5.41, 5.74) is 2.41. The van der Waals surface area contributed by atoms with Gasteiger partial charge in [0.05, 0.1) is 5.92 Å². The van der Waals surface area contributed by atoms with Crippen molar-refractivity contribution in [2.45, 2.75) is 39.2 Å². The summed E-state index contributed by atoms with van der Waals surface area (Å²) in [7, 11) is 0. The molecule has 1 aliphatic heterocycles. The SMILES string of the molecule is CCCC(C)NC(=O)C1CNc2ccccc2C1. The lowest BCUT2D eigenvalue weighted by Crippen LogP contribution is -2.42. The molecule has 2 N–H and O–H groups in total. The normalized spacial score (nSPS) is 19.6. The highest BCUT2D eigenvalue weighted by atomic mass is 16.1. The average molecular weight is 246 g/mol. The Bertz CT molecular complexity index is 417. The number of amides is 1. The fourth-order valence-electron chi connectivity index (χ4n) is 2.49. The van der Waals surface area contributed by atoms with Gasteiger partial charge in [0, 0.05) is 18.3 Å². The molecule has 0 aliphatic carbocycles. The quantitative estimate of drug-likeness (QED) is 0.857. The van der Waals surface area contributed by atoms with Gasteiger partial charge < -0.3 is 10.6 Å². The Balaban J connectivity index is 1.94. The Morgan fingerprint density at radius 3 is 3.06 bits per heavy atom. The van der Waals surface area contributed by atoms with E-state index in [4.69, 9.17) is 0 Å². The van der Waals surface area contributed by atoms with Crippen LogP contribution in [0.25, 0.3) is 0 Å². The number of benzene rings is 1. The van der Waals surface area contributed by atoms with E-state index in [9.17, 15) is 4.79 Å². The molecule has 0 saturated carbocycles. The number of rotatable bonds is 4. The molecule has 2 unspecified atom stereocenters. The van der Waals surface area contributed by atoms with Gasteiger partial charge in [-0.15, -0.1) is 0 Å². The maximum Gasteiger partial charge on any atom is 0.225 e. The summed E-state index contributed by atoms with van der Waals surface area (Å²) >= 11 is 0. The van der Waals surface area contributed by atoms with Crippen LogP contribution in [0.1, 0.15) is 32.3 Å². The van der Waals surface area contributed by atoms with Crippen LogP contribution in [0.3, 0.4) is 0 Å². The molecule has 2 rings (SSSR count). The highest BCUT2D eigenvalue weighted by Crippen LogP contribution is 2.24. The predicted molar refractivity (Wildman–Crippen MR) is 74.6 cm³/mol. The molecule has 0 saturated heterocycles. The fourth-order valence-corrected chi connectivity index (χ4v) is 2.49. The summed E-state index contributed by atoms with van der Waals surface area (Å²) in [5.74, 6) is 0.233. The van der Waals surface area contributed by atoms with Crippen molar-refractivity contribution >= 4 is 11.6 Å². The molecule has 1 aromatic rings. The maximum absolute atomic E-state index is 12.1. The Hall–Kier alpha value is -1.51. The Morgan fingerprint density at radius 1 is 1.50 bits per heavy atom. The van der Waals surface area contributed by atoms with E-state index in [0.717, 1.165) is 25.8 Å². The summed E-state index contributed by atoms with van der Waals surface area (Å²) in [4.78, 5) is 12.1. The average Bonchev–Trinajstić information content (AvgIpc) is 2.38.